The van der Waals surface area contributed by atoms with Crippen LogP contribution in [-0.4, -0.2) is 88.2 Å². The number of ketones is 2. The lowest BCUT2D eigenvalue weighted by atomic mass is 9.57. The van der Waals surface area contributed by atoms with E-state index in [1.54, 1.807) is 13.0 Å². The van der Waals surface area contributed by atoms with Gasteiger partial charge >= 0.3 is 0 Å². The summed E-state index contributed by atoms with van der Waals surface area (Å²) < 4.78 is 0. The molecule has 6 rings (SSSR count). The number of fused-ring (bicyclic) bond motifs is 7. The van der Waals surface area contributed by atoms with Crippen molar-refractivity contribution >= 4 is 28.9 Å². The molecule has 1 aromatic carbocycles. The van der Waals surface area contributed by atoms with Crippen LogP contribution in [0.5, 0.6) is 5.75 Å². The molecule has 0 spiro atoms. The summed E-state index contributed by atoms with van der Waals surface area (Å²) in [6.45, 7) is 3.80. The Morgan fingerprint density at radius 3 is 2.62 bits per heavy atom. The van der Waals surface area contributed by atoms with Crippen LogP contribution in [0.15, 0.2) is 23.0 Å². The topological polar surface area (TPSA) is 177 Å². The third kappa shape index (κ3) is 3.23. The first-order chi connectivity index (χ1) is 18.4. The smallest absolute Gasteiger partial charge is 0.255 e. The molecule has 6 atom stereocenters. The molecule has 1 saturated carbocycles. The molecule has 0 bridgehead atoms. The van der Waals surface area contributed by atoms with E-state index in [4.69, 9.17) is 5.73 Å². The van der Waals surface area contributed by atoms with Crippen LogP contribution in [0.2, 0.25) is 0 Å². The van der Waals surface area contributed by atoms with Gasteiger partial charge in [-0.3, -0.25) is 19.3 Å². The number of amides is 1. The van der Waals surface area contributed by atoms with Crippen LogP contribution in [0.25, 0.3) is 5.76 Å². The predicted octanol–water partition coefficient (Wildman–Crippen LogP) is 0.455. The van der Waals surface area contributed by atoms with Gasteiger partial charge in [0.2, 0.25) is 5.78 Å². The largest absolute Gasteiger partial charge is 0.508 e. The van der Waals surface area contributed by atoms with E-state index in [9.17, 15) is 34.8 Å². The fourth-order valence-electron chi connectivity index (χ4n) is 8.05. The van der Waals surface area contributed by atoms with Gasteiger partial charge in [0.1, 0.15) is 22.8 Å². The number of aromatic hydroxyl groups is 1. The summed E-state index contributed by atoms with van der Waals surface area (Å²) in [4.78, 5) is 43.7. The van der Waals surface area contributed by atoms with Crippen LogP contribution in [0, 0.1) is 17.8 Å². The predicted molar refractivity (Wildman–Crippen MR) is 141 cm³/mol. The minimum Gasteiger partial charge on any atom is -0.508 e. The molecule has 1 saturated heterocycles. The number of carbonyl (C=O) groups is 3. The normalized spacial score (nSPS) is 33.9. The van der Waals surface area contributed by atoms with E-state index in [-0.39, 0.29) is 35.8 Å². The number of phenolic OH excluding ortho intramolecular Hbond substituents is 1. The summed E-state index contributed by atoms with van der Waals surface area (Å²) in [7, 11) is 4.05. The molecule has 2 unspecified atom stereocenters. The van der Waals surface area contributed by atoms with E-state index in [0.29, 0.717) is 12.5 Å². The highest BCUT2D eigenvalue weighted by atomic mass is 16.3. The van der Waals surface area contributed by atoms with Crippen LogP contribution < -0.4 is 16.0 Å². The summed E-state index contributed by atoms with van der Waals surface area (Å²) in [5, 5.41) is 48.3. The molecule has 11 nitrogen and oxygen atoms in total. The van der Waals surface area contributed by atoms with Gasteiger partial charge in [-0.05, 0) is 68.4 Å². The molecule has 3 aliphatic carbocycles. The summed E-state index contributed by atoms with van der Waals surface area (Å²) in [5.74, 6) is -6.02. The van der Waals surface area contributed by atoms with Gasteiger partial charge < -0.3 is 36.4 Å². The number of likely N-dealkylation sites (N-methyl/N-ethyl adjacent to an activating group) is 1. The van der Waals surface area contributed by atoms with Crippen molar-refractivity contribution in [2.45, 2.75) is 43.9 Å². The molecular weight excluding hydrogens is 504 g/mol. The first kappa shape index (κ1) is 25.8. The van der Waals surface area contributed by atoms with Crippen LogP contribution in [-0.2, 0) is 20.8 Å². The maximum atomic E-state index is 14.0. The van der Waals surface area contributed by atoms with Gasteiger partial charge in [0.15, 0.2) is 11.4 Å². The van der Waals surface area contributed by atoms with Crippen LogP contribution in [0.1, 0.15) is 42.5 Å². The Balaban J connectivity index is 1.55. The number of likely N-dealkylation sites (tertiary alicyclic amines) is 1. The van der Waals surface area contributed by atoms with Gasteiger partial charge in [0, 0.05) is 36.8 Å². The van der Waals surface area contributed by atoms with Gasteiger partial charge in [0.25, 0.3) is 5.91 Å². The number of aliphatic hydroxyl groups excluding tert-OH is 2. The van der Waals surface area contributed by atoms with Crippen molar-refractivity contribution in [3.05, 3.63) is 39.7 Å². The molecule has 0 aromatic heterocycles. The van der Waals surface area contributed by atoms with E-state index in [1.165, 1.54) is 0 Å². The summed E-state index contributed by atoms with van der Waals surface area (Å²) >= 11 is 0. The molecule has 11 heteroatoms. The second-order valence-corrected chi connectivity index (χ2v) is 11.6. The number of carbonyl (C=O) groups excluding carboxylic acids is 3. The Kier molecular flexibility index (Phi) is 5.66. The summed E-state index contributed by atoms with van der Waals surface area (Å²) in [6.07, 6.45) is 1.40. The Hall–Kier alpha value is -3.41. The molecule has 39 heavy (non-hydrogen) atoms. The van der Waals surface area contributed by atoms with Crippen molar-refractivity contribution in [1.29, 1.82) is 0 Å². The van der Waals surface area contributed by atoms with E-state index in [1.807, 2.05) is 7.05 Å². The van der Waals surface area contributed by atoms with Crippen molar-refractivity contribution in [2.75, 3.05) is 38.6 Å². The molecular formula is C28H34N4O7. The maximum Gasteiger partial charge on any atom is 0.255 e. The van der Waals surface area contributed by atoms with Crippen molar-refractivity contribution < 1.29 is 34.8 Å². The molecule has 2 heterocycles. The highest BCUT2D eigenvalue weighted by Crippen LogP contribution is 2.56. The number of aliphatic hydroxyl groups is 3. The Morgan fingerprint density at radius 2 is 1.95 bits per heavy atom. The minimum atomic E-state index is -2.64. The summed E-state index contributed by atoms with van der Waals surface area (Å²) in [6, 6.07) is 0.649. The molecule has 5 aliphatic rings. The number of benzene rings is 1. The maximum absolute atomic E-state index is 14.0. The van der Waals surface area contributed by atoms with E-state index in [2.05, 4.69) is 22.2 Å². The molecule has 0 radical (unpaired) electrons. The highest BCUT2D eigenvalue weighted by Gasteiger charge is 2.63. The van der Waals surface area contributed by atoms with E-state index in [0.717, 1.165) is 36.3 Å². The van der Waals surface area contributed by atoms with E-state index >= 15 is 0 Å². The molecule has 2 aliphatic heterocycles. The zero-order chi connectivity index (χ0) is 28.1. The van der Waals surface area contributed by atoms with Crippen molar-refractivity contribution in [3.63, 3.8) is 0 Å². The number of primary amides is 1. The van der Waals surface area contributed by atoms with Crippen LogP contribution in [0.4, 0.5) is 5.69 Å². The first-order valence-corrected chi connectivity index (χ1v) is 13.4. The third-order valence-electron chi connectivity index (χ3n) is 9.61. The third-order valence-corrected chi connectivity index (χ3v) is 9.61. The number of phenols is 1. The number of rotatable bonds is 3. The van der Waals surface area contributed by atoms with Crippen LogP contribution >= 0.6 is 0 Å². The van der Waals surface area contributed by atoms with Crippen molar-refractivity contribution in [1.82, 2.24) is 10.2 Å². The number of hydrogen-bond acceptors (Lipinski definition) is 10. The number of anilines is 1. The zero-order valence-corrected chi connectivity index (χ0v) is 22.2. The van der Waals surface area contributed by atoms with Gasteiger partial charge in [-0.2, -0.15) is 0 Å². The Bertz CT molecular complexity index is 1400. The molecule has 2 fully saturated rings. The van der Waals surface area contributed by atoms with Crippen molar-refractivity contribution in [2.24, 2.45) is 23.5 Å². The number of nitrogens with zero attached hydrogens (tertiary/aromatic N) is 2. The SMILES string of the molecule is CCN[C@@H]1C(=O)C(C(N)=O)=C(O)[C@@]2(O)C(=O)C3=C(O)c4c(O)cc5c(c4C[C@H]3C[C@@H]12)N(C)CC1CCN(C)C51. The Morgan fingerprint density at radius 1 is 1.23 bits per heavy atom. The Labute approximate surface area is 225 Å². The van der Waals surface area contributed by atoms with Gasteiger partial charge in [0.05, 0.1) is 11.6 Å². The second-order valence-electron chi connectivity index (χ2n) is 11.6. The molecule has 7 N–H and O–H groups in total. The van der Waals surface area contributed by atoms with E-state index < -0.39 is 58.0 Å². The lowest BCUT2D eigenvalue weighted by molar-refractivity contribution is -0.150. The standard InChI is InChI=1S/C28H34N4O7/c1-4-30-20-15-8-12-7-13-18(16(33)9-14-21-11(5-6-31(21)2)10-32(3)22(13)14)23(34)17(12)25(36)28(15,39)26(37)19(24(20)35)27(29)38/h9,11-12,15,20-21,30,33-34,37,39H,4-8,10H2,1-3H3,(H2,29,38)/t11?,12-,15-,20-,21?,28-/m0/s1. The average molecular weight is 539 g/mol. The lowest BCUT2D eigenvalue weighted by Crippen LogP contribution is -2.66. The fourth-order valence-corrected chi connectivity index (χ4v) is 8.05. The minimum absolute atomic E-state index is 0.0701. The van der Waals surface area contributed by atoms with Gasteiger partial charge in [-0.25, -0.2) is 0 Å². The number of Topliss-reactive ketones (excluding diaryl/α,β-unsaturated/α-hetero) is 2. The number of hydrogen-bond donors (Lipinski definition) is 6. The monoisotopic (exact) mass is 538 g/mol. The summed E-state index contributed by atoms with van der Waals surface area (Å²) in [5.41, 5.74) is 4.52. The number of nitrogens with one attached hydrogen (secondary N) is 1. The van der Waals surface area contributed by atoms with Crippen LogP contribution in [0.3, 0.4) is 0 Å². The molecule has 208 valence electrons. The van der Waals surface area contributed by atoms with Gasteiger partial charge in [-0.15, -0.1) is 0 Å². The second kappa shape index (κ2) is 8.54. The molecule has 1 amide bonds. The fraction of sp³-hybridized carbons (Fsp3) is 0.536. The lowest BCUT2D eigenvalue weighted by Gasteiger charge is -2.49. The van der Waals surface area contributed by atoms with Crippen molar-refractivity contribution in [3.8, 4) is 5.75 Å². The zero-order valence-electron chi connectivity index (χ0n) is 22.2. The highest BCUT2D eigenvalue weighted by molar-refractivity contribution is 6.24. The number of nitrogens with two attached hydrogens (primary N) is 1. The van der Waals surface area contributed by atoms with Gasteiger partial charge in [-0.1, -0.05) is 6.92 Å². The average Bonchev–Trinajstić information content (AvgIpc) is 3.23. The molecule has 1 aromatic rings. The first-order valence-electron chi connectivity index (χ1n) is 13.4. The quantitative estimate of drug-likeness (QED) is 0.296.